The van der Waals surface area contributed by atoms with E-state index in [9.17, 15) is 5.11 Å². The molecule has 5 nitrogen and oxygen atoms in total. The van der Waals surface area contributed by atoms with E-state index in [2.05, 4.69) is 15.3 Å². The third-order valence-corrected chi connectivity index (χ3v) is 2.80. The maximum absolute atomic E-state index is 9.42. The number of aromatic nitrogens is 2. The van der Waals surface area contributed by atoms with Gasteiger partial charge in [0.2, 0.25) is 5.95 Å². The minimum Gasteiger partial charge on any atom is -0.394 e. The summed E-state index contributed by atoms with van der Waals surface area (Å²) in [7, 11) is 0. The molecule has 19 heavy (non-hydrogen) atoms. The molecular formula is C13H15ClN4O. The van der Waals surface area contributed by atoms with Crippen LogP contribution in [0.15, 0.2) is 36.4 Å². The van der Waals surface area contributed by atoms with Crippen molar-refractivity contribution in [1.82, 2.24) is 9.97 Å². The van der Waals surface area contributed by atoms with Crippen molar-refractivity contribution in [3.05, 3.63) is 47.1 Å². The fourth-order valence-corrected chi connectivity index (χ4v) is 1.97. The molecule has 6 heteroatoms. The van der Waals surface area contributed by atoms with E-state index in [4.69, 9.17) is 17.3 Å². The highest BCUT2D eigenvalue weighted by Crippen LogP contribution is 2.14. The molecule has 4 N–H and O–H groups in total. The highest BCUT2D eigenvalue weighted by molar-refractivity contribution is 6.29. The van der Waals surface area contributed by atoms with Crippen LogP contribution in [0.2, 0.25) is 5.15 Å². The molecule has 0 saturated heterocycles. The second kappa shape index (κ2) is 6.36. The molecule has 1 aromatic heterocycles. The first-order valence-electron chi connectivity index (χ1n) is 5.89. The van der Waals surface area contributed by atoms with Crippen molar-refractivity contribution in [3.63, 3.8) is 0 Å². The summed E-state index contributed by atoms with van der Waals surface area (Å²) >= 11 is 5.80. The van der Waals surface area contributed by atoms with Gasteiger partial charge in [0.05, 0.1) is 12.6 Å². The number of hydrogen-bond donors (Lipinski definition) is 3. The van der Waals surface area contributed by atoms with E-state index in [1.807, 2.05) is 30.3 Å². The van der Waals surface area contributed by atoms with Crippen LogP contribution in [0, 0.1) is 0 Å². The summed E-state index contributed by atoms with van der Waals surface area (Å²) in [6.45, 7) is -0.0174. The Kier molecular flexibility index (Phi) is 4.54. The van der Waals surface area contributed by atoms with Gasteiger partial charge in [0.1, 0.15) is 11.0 Å². The Balaban J connectivity index is 2.06. The fraction of sp³-hybridized carbons (Fsp3) is 0.231. The summed E-state index contributed by atoms with van der Waals surface area (Å²) in [5.74, 6) is 0.610. The fourth-order valence-electron chi connectivity index (χ4n) is 1.78. The van der Waals surface area contributed by atoms with Crippen molar-refractivity contribution in [2.24, 2.45) is 0 Å². The summed E-state index contributed by atoms with van der Waals surface area (Å²) in [6.07, 6.45) is 0.679. The topological polar surface area (TPSA) is 84.1 Å². The average molecular weight is 279 g/mol. The molecule has 1 heterocycles. The van der Waals surface area contributed by atoms with Gasteiger partial charge in [-0.05, 0) is 12.0 Å². The van der Waals surface area contributed by atoms with Crippen LogP contribution in [-0.2, 0) is 6.42 Å². The maximum atomic E-state index is 9.42. The predicted octanol–water partition coefficient (Wildman–Crippen LogP) is 1.73. The number of aliphatic hydroxyl groups is 1. The first-order valence-corrected chi connectivity index (χ1v) is 6.26. The van der Waals surface area contributed by atoms with Crippen molar-refractivity contribution in [3.8, 4) is 0 Å². The van der Waals surface area contributed by atoms with Crippen LogP contribution in [-0.4, -0.2) is 27.7 Å². The number of halogens is 1. The summed E-state index contributed by atoms with van der Waals surface area (Å²) in [5, 5.41) is 12.8. The second-order valence-corrected chi connectivity index (χ2v) is 4.53. The van der Waals surface area contributed by atoms with Gasteiger partial charge < -0.3 is 16.2 Å². The van der Waals surface area contributed by atoms with Crippen molar-refractivity contribution in [1.29, 1.82) is 0 Å². The molecule has 0 fully saturated rings. The Morgan fingerprint density at radius 3 is 2.63 bits per heavy atom. The molecule has 0 aliphatic rings. The molecule has 1 atom stereocenters. The monoisotopic (exact) mass is 278 g/mol. The van der Waals surface area contributed by atoms with E-state index in [0.717, 1.165) is 5.56 Å². The van der Waals surface area contributed by atoms with Crippen molar-refractivity contribution >= 4 is 23.4 Å². The van der Waals surface area contributed by atoms with E-state index in [0.29, 0.717) is 12.2 Å². The molecule has 0 aliphatic heterocycles. The lowest BCUT2D eigenvalue weighted by Crippen LogP contribution is -2.27. The lowest BCUT2D eigenvalue weighted by Gasteiger charge is -2.17. The standard InChI is InChI=1S/C13H15ClN4O/c14-11-7-12(18-13(15)17-11)16-10(8-19)6-9-4-2-1-3-5-9/h1-5,7,10,19H,6,8H2,(H3,15,16,17,18)/t10-/m0/s1. The molecule has 0 spiro atoms. The van der Waals surface area contributed by atoms with Gasteiger partial charge in [0, 0.05) is 6.07 Å². The zero-order valence-corrected chi connectivity index (χ0v) is 11.0. The molecule has 1 aromatic carbocycles. The van der Waals surface area contributed by atoms with Crippen molar-refractivity contribution in [2.45, 2.75) is 12.5 Å². The number of nitrogen functional groups attached to an aromatic ring is 1. The maximum Gasteiger partial charge on any atom is 0.223 e. The van der Waals surface area contributed by atoms with Crippen LogP contribution in [0.1, 0.15) is 5.56 Å². The molecule has 100 valence electrons. The quantitative estimate of drug-likeness (QED) is 0.726. The Bertz CT molecular complexity index is 515. The summed E-state index contributed by atoms with van der Waals surface area (Å²) in [4.78, 5) is 7.80. The molecule has 0 saturated carbocycles. The van der Waals surface area contributed by atoms with Crippen LogP contribution in [0.5, 0.6) is 0 Å². The van der Waals surface area contributed by atoms with E-state index >= 15 is 0 Å². The molecule has 0 amide bonds. The first kappa shape index (κ1) is 13.6. The number of benzene rings is 1. The van der Waals surface area contributed by atoms with Gasteiger partial charge in [0.25, 0.3) is 0 Å². The van der Waals surface area contributed by atoms with Crippen LogP contribution in [0.25, 0.3) is 0 Å². The summed E-state index contributed by atoms with van der Waals surface area (Å²) in [5.41, 5.74) is 6.65. The number of aliphatic hydroxyl groups excluding tert-OH is 1. The third-order valence-electron chi connectivity index (χ3n) is 2.61. The van der Waals surface area contributed by atoms with E-state index in [1.165, 1.54) is 0 Å². The molecular weight excluding hydrogens is 264 g/mol. The largest absolute Gasteiger partial charge is 0.394 e. The minimum atomic E-state index is -0.159. The molecule has 2 rings (SSSR count). The van der Waals surface area contributed by atoms with E-state index in [1.54, 1.807) is 6.07 Å². The lowest BCUT2D eigenvalue weighted by atomic mass is 10.1. The molecule has 0 unspecified atom stereocenters. The number of nitrogens with one attached hydrogen (secondary N) is 1. The number of nitrogens with zero attached hydrogens (tertiary/aromatic N) is 2. The zero-order valence-electron chi connectivity index (χ0n) is 10.3. The van der Waals surface area contributed by atoms with Crippen LogP contribution in [0.4, 0.5) is 11.8 Å². The minimum absolute atomic E-state index is 0.0174. The summed E-state index contributed by atoms with van der Waals surface area (Å²) < 4.78 is 0. The predicted molar refractivity (Wildman–Crippen MR) is 76.1 cm³/mol. The molecule has 0 radical (unpaired) electrons. The number of nitrogens with two attached hydrogens (primary N) is 1. The Morgan fingerprint density at radius 2 is 2.00 bits per heavy atom. The Labute approximate surface area is 116 Å². The van der Waals surface area contributed by atoms with Gasteiger partial charge in [0.15, 0.2) is 0 Å². The Morgan fingerprint density at radius 1 is 1.26 bits per heavy atom. The second-order valence-electron chi connectivity index (χ2n) is 4.15. The molecule has 0 aliphatic carbocycles. The Hall–Kier alpha value is -1.85. The van der Waals surface area contributed by atoms with Crippen molar-refractivity contribution < 1.29 is 5.11 Å². The first-order chi connectivity index (χ1) is 9.17. The van der Waals surface area contributed by atoms with Gasteiger partial charge in [-0.15, -0.1) is 0 Å². The molecule has 0 bridgehead atoms. The summed E-state index contributed by atoms with van der Waals surface area (Å²) in [6, 6.07) is 11.3. The lowest BCUT2D eigenvalue weighted by molar-refractivity contribution is 0.273. The average Bonchev–Trinajstić information content (AvgIpc) is 2.38. The third kappa shape index (κ3) is 4.08. The van der Waals surface area contributed by atoms with Crippen molar-refractivity contribution in [2.75, 3.05) is 17.7 Å². The van der Waals surface area contributed by atoms with Crippen LogP contribution >= 0.6 is 11.6 Å². The molecule has 2 aromatic rings. The van der Waals surface area contributed by atoms with Crippen LogP contribution < -0.4 is 11.1 Å². The van der Waals surface area contributed by atoms with E-state index in [-0.39, 0.29) is 23.8 Å². The number of rotatable bonds is 5. The van der Waals surface area contributed by atoms with Gasteiger partial charge in [-0.2, -0.15) is 4.98 Å². The SMILES string of the molecule is Nc1nc(Cl)cc(N[C@H](CO)Cc2ccccc2)n1. The van der Waals surface area contributed by atoms with Gasteiger partial charge >= 0.3 is 0 Å². The highest BCUT2D eigenvalue weighted by atomic mass is 35.5. The number of hydrogen-bond acceptors (Lipinski definition) is 5. The smallest absolute Gasteiger partial charge is 0.223 e. The van der Waals surface area contributed by atoms with Gasteiger partial charge in [-0.1, -0.05) is 41.9 Å². The zero-order chi connectivity index (χ0) is 13.7. The normalized spacial score (nSPS) is 12.1. The van der Waals surface area contributed by atoms with Crippen LogP contribution in [0.3, 0.4) is 0 Å². The van der Waals surface area contributed by atoms with E-state index < -0.39 is 0 Å². The highest BCUT2D eigenvalue weighted by Gasteiger charge is 2.10. The van der Waals surface area contributed by atoms with Gasteiger partial charge in [-0.3, -0.25) is 0 Å². The van der Waals surface area contributed by atoms with Gasteiger partial charge in [-0.25, -0.2) is 4.98 Å². The number of anilines is 2.